The van der Waals surface area contributed by atoms with Crippen LogP contribution in [0.4, 0.5) is 0 Å². The summed E-state index contributed by atoms with van der Waals surface area (Å²) in [5, 5.41) is 15.1. The molecule has 1 aromatic heterocycles. The van der Waals surface area contributed by atoms with E-state index in [9.17, 15) is 5.11 Å². The van der Waals surface area contributed by atoms with Crippen LogP contribution in [0.3, 0.4) is 0 Å². The Morgan fingerprint density at radius 2 is 1.58 bits per heavy atom. The van der Waals surface area contributed by atoms with Crippen molar-refractivity contribution in [1.29, 1.82) is 0 Å². The zero-order chi connectivity index (χ0) is 35.7. The van der Waals surface area contributed by atoms with Crippen LogP contribution in [-0.4, -0.2) is 75.2 Å². The van der Waals surface area contributed by atoms with E-state index in [1.807, 2.05) is 12.4 Å². The Labute approximate surface area is 304 Å². The number of likely N-dealkylation sites (N-methyl/N-ethyl adjacent to an activating group) is 1. The summed E-state index contributed by atoms with van der Waals surface area (Å²) >= 11 is 0. The summed E-state index contributed by atoms with van der Waals surface area (Å²) in [7, 11) is 0.515. The second-order valence-corrected chi connectivity index (χ2v) is 26.5. The van der Waals surface area contributed by atoms with Gasteiger partial charge < -0.3 is 23.6 Å². The molecular weight excluding hydrogens is 653 g/mol. The molecule has 3 aliphatic carbocycles. The Morgan fingerprint density at radius 3 is 2.24 bits per heavy atom. The van der Waals surface area contributed by atoms with Crippen LogP contribution in [0.2, 0.25) is 36.3 Å². The normalized spacial score (nSPS) is 36.6. The lowest BCUT2D eigenvalue weighted by molar-refractivity contribution is -0.179. The van der Waals surface area contributed by atoms with Crippen LogP contribution in [0.25, 0.3) is 10.8 Å². The molecule has 2 spiro atoms. The Balaban J connectivity index is 1.34. The smallest absolute Gasteiger partial charge is 0.193 e. The van der Waals surface area contributed by atoms with Gasteiger partial charge in [-0.25, -0.2) is 0 Å². The fourth-order valence-corrected chi connectivity index (χ4v) is 17.2. The summed E-state index contributed by atoms with van der Waals surface area (Å²) in [6.45, 7) is 16.5. The summed E-state index contributed by atoms with van der Waals surface area (Å²) in [6, 6.07) is 15.5. The molecule has 0 radical (unpaired) electrons. The average Bonchev–Trinajstić information content (AvgIpc) is 3.60. The molecule has 0 amide bonds. The second kappa shape index (κ2) is 13.0. The number of ether oxygens (including phenoxy) is 1. The molecule has 1 saturated heterocycles. The lowest BCUT2D eigenvalue weighted by Crippen LogP contribution is -2.66. The number of rotatable bonds is 12. The van der Waals surface area contributed by atoms with Crippen molar-refractivity contribution in [2.75, 3.05) is 14.1 Å². The van der Waals surface area contributed by atoms with Gasteiger partial charge in [-0.2, -0.15) is 0 Å². The molecule has 3 fully saturated rings. The summed E-state index contributed by atoms with van der Waals surface area (Å²) in [5.41, 5.74) is 1.67. The number of benzene rings is 1. The van der Waals surface area contributed by atoms with E-state index in [2.05, 4.69) is 109 Å². The fraction of sp³-hybridized carbons (Fsp3) is 0.690. The van der Waals surface area contributed by atoms with E-state index < -0.39 is 27.8 Å². The molecule has 8 atom stereocenters. The number of aromatic nitrogens is 1. The molecule has 8 heteroatoms. The Bertz CT molecular complexity index is 1640. The topological polar surface area (TPSA) is 64.0 Å². The molecule has 50 heavy (non-hydrogen) atoms. The van der Waals surface area contributed by atoms with E-state index in [4.69, 9.17) is 13.6 Å². The lowest BCUT2D eigenvalue weighted by atomic mass is 9.56. The van der Waals surface area contributed by atoms with Crippen LogP contribution in [0.1, 0.15) is 92.6 Å². The lowest BCUT2D eigenvalue weighted by Gasteiger charge is -2.59. The SMILES string of the molecule is CC[Si](CC)(CC)O[C@H]1[C@H](O[Si](CC)(CC)CC)C2=CC3=CC[C@@]4(C)[C@@H](CC[C@@]4(O)c4ccc5ccncc5c4)[C@@]34CC[C@]2(C[C@@H]1N(C)C)O4. The molecule has 274 valence electrons. The number of hydrogen-bond acceptors (Lipinski definition) is 6. The van der Waals surface area contributed by atoms with Gasteiger partial charge in [-0.05, 0) is 123 Å². The maximum atomic E-state index is 12.8. The third kappa shape index (κ3) is 5.20. The van der Waals surface area contributed by atoms with Gasteiger partial charge in [0.1, 0.15) is 0 Å². The van der Waals surface area contributed by atoms with Crippen LogP contribution in [0.5, 0.6) is 0 Å². The van der Waals surface area contributed by atoms with Crippen LogP contribution in [0, 0.1) is 11.3 Å². The molecular formula is C42H64N2O4Si2. The number of pyridine rings is 1. The number of aliphatic hydroxyl groups is 1. The number of allylic oxidation sites excluding steroid dienone is 1. The van der Waals surface area contributed by atoms with Crippen LogP contribution in [-0.2, 0) is 19.2 Å². The minimum Gasteiger partial charge on any atom is -0.409 e. The van der Waals surface area contributed by atoms with Gasteiger partial charge in [0.15, 0.2) is 16.6 Å². The van der Waals surface area contributed by atoms with Crippen LogP contribution >= 0.6 is 0 Å². The largest absolute Gasteiger partial charge is 0.409 e. The van der Waals surface area contributed by atoms with Crippen molar-refractivity contribution in [2.45, 2.75) is 158 Å². The van der Waals surface area contributed by atoms with E-state index in [1.165, 1.54) is 11.1 Å². The predicted molar refractivity (Wildman–Crippen MR) is 209 cm³/mol. The molecule has 3 heterocycles. The highest BCUT2D eigenvalue weighted by molar-refractivity contribution is 6.74. The third-order valence-electron chi connectivity index (χ3n) is 15.4. The Hall–Kier alpha value is -1.66. The highest BCUT2D eigenvalue weighted by Crippen LogP contribution is 2.70. The van der Waals surface area contributed by atoms with E-state index in [0.29, 0.717) is 0 Å². The highest BCUT2D eigenvalue weighted by Gasteiger charge is 2.71. The van der Waals surface area contributed by atoms with Crippen molar-refractivity contribution in [2.24, 2.45) is 11.3 Å². The first-order valence-electron chi connectivity index (χ1n) is 20.1. The first-order chi connectivity index (χ1) is 23.9. The van der Waals surface area contributed by atoms with Crippen molar-refractivity contribution >= 4 is 27.4 Å². The minimum atomic E-state index is -2.02. The molecule has 6 nitrogen and oxygen atoms in total. The summed E-state index contributed by atoms with van der Waals surface area (Å²) in [5.74, 6) is 0.226. The van der Waals surface area contributed by atoms with Crippen molar-refractivity contribution in [1.82, 2.24) is 9.88 Å². The molecule has 7 rings (SSSR count). The van der Waals surface area contributed by atoms with Gasteiger partial charge in [0, 0.05) is 35.2 Å². The van der Waals surface area contributed by atoms with Gasteiger partial charge in [-0.15, -0.1) is 0 Å². The molecule has 0 unspecified atom stereocenters. The predicted octanol–water partition coefficient (Wildman–Crippen LogP) is 9.51. The maximum absolute atomic E-state index is 12.8. The molecule has 2 bridgehead atoms. The number of fused-ring (bicyclic) bond motifs is 2. The van der Waals surface area contributed by atoms with Gasteiger partial charge in [-0.1, -0.05) is 72.8 Å². The quantitative estimate of drug-likeness (QED) is 0.221. The Morgan fingerprint density at radius 1 is 0.900 bits per heavy atom. The monoisotopic (exact) mass is 716 g/mol. The molecule has 2 aromatic rings. The minimum absolute atomic E-state index is 0.00459. The summed E-state index contributed by atoms with van der Waals surface area (Å²) in [4.78, 5) is 6.81. The average molecular weight is 717 g/mol. The van der Waals surface area contributed by atoms with Crippen LogP contribution in [0.15, 0.2) is 60.0 Å². The second-order valence-electron chi connectivity index (χ2n) is 17.1. The van der Waals surface area contributed by atoms with E-state index in [1.54, 1.807) is 0 Å². The fourth-order valence-electron chi connectivity index (χ4n) is 11.5. The molecule has 2 aliphatic heterocycles. The first kappa shape index (κ1) is 36.7. The maximum Gasteiger partial charge on any atom is 0.193 e. The summed E-state index contributed by atoms with van der Waals surface area (Å²) < 4.78 is 23.2. The molecule has 1 aromatic carbocycles. The van der Waals surface area contributed by atoms with Gasteiger partial charge in [0.2, 0.25) is 0 Å². The van der Waals surface area contributed by atoms with E-state index in [-0.39, 0.29) is 35.2 Å². The van der Waals surface area contributed by atoms with Gasteiger partial charge in [0.05, 0.1) is 29.0 Å². The van der Waals surface area contributed by atoms with Gasteiger partial charge >= 0.3 is 0 Å². The van der Waals surface area contributed by atoms with Crippen molar-refractivity contribution in [3.05, 3.63) is 65.5 Å². The number of hydrogen-bond donors (Lipinski definition) is 1. The van der Waals surface area contributed by atoms with Crippen molar-refractivity contribution < 1.29 is 18.7 Å². The highest BCUT2D eigenvalue weighted by atomic mass is 28.4. The van der Waals surface area contributed by atoms with E-state index >= 15 is 0 Å². The molecule has 2 saturated carbocycles. The molecule has 5 aliphatic rings. The number of nitrogens with zero attached hydrogens (tertiary/aromatic N) is 2. The zero-order valence-electron chi connectivity index (χ0n) is 32.5. The standard InChI is InChI=1S/C42H64N2O4Si2/c1-10-49(11-2,12-3)46-37-34-27-32-18-21-39(7)36(19-22-42(39,45)33-17-16-30-20-25-43-29-31(30)26-33)41(32)24-23-40(34,48-41)28-35(44(8)9)38(37)47-50(13-4,14-5)15-6/h16-18,20,25-27,29,35-38,45H,10-15,19,21-24,28H2,1-9H3/t35-,36+,37+,38+,39-,40+,41+,42+/m0/s1. The van der Waals surface area contributed by atoms with E-state index in [0.717, 1.165) is 91.1 Å². The molecule has 1 N–H and O–H groups in total. The van der Waals surface area contributed by atoms with Crippen molar-refractivity contribution in [3.8, 4) is 0 Å². The van der Waals surface area contributed by atoms with Crippen LogP contribution < -0.4 is 0 Å². The summed E-state index contributed by atoms with van der Waals surface area (Å²) in [6.07, 6.45) is 14.1. The first-order valence-corrected chi connectivity index (χ1v) is 25.1. The zero-order valence-corrected chi connectivity index (χ0v) is 34.5. The Kier molecular flexibility index (Phi) is 9.56. The third-order valence-corrected chi connectivity index (χ3v) is 24.6. The van der Waals surface area contributed by atoms with Crippen molar-refractivity contribution in [3.63, 3.8) is 0 Å². The van der Waals surface area contributed by atoms with Gasteiger partial charge in [0.25, 0.3) is 0 Å². The van der Waals surface area contributed by atoms with Gasteiger partial charge in [-0.3, -0.25) is 4.98 Å².